The zero-order valence-electron chi connectivity index (χ0n) is 8.33. The van der Waals surface area contributed by atoms with Crippen molar-refractivity contribution in [3.63, 3.8) is 0 Å². The van der Waals surface area contributed by atoms with Gasteiger partial charge in [-0.1, -0.05) is 0 Å². The van der Waals surface area contributed by atoms with Gasteiger partial charge in [-0.05, 0) is 25.5 Å². The lowest BCUT2D eigenvalue weighted by Gasteiger charge is -2.04. The lowest BCUT2D eigenvalue weighted by atomic mass is 10.2. The minimum atomic E-state index is -2.64. The van der Waals surface area contributed by atoms with Crippen LogP contribution < -0.4 is 0 Å². The Balaban J connectivity index is 2.74. The summed E-state index contributed by atoms with van der Waals surface area (Å²) in [7, 11) is 0. The van der Waals surface area contributed by atoms with Crippen LogP contribution in [0.15, 0.2) is 12.3 Å². The number of pyridine rings is 1. The van der Waals surface area contributed by atoms with Crippen LogP contribution in [-0.4, -0.2) is 15.0 Å². The van der Waals surface area contributed by atoms with Gasteiger partial charge in [0.15, 0.2) is 5.82 Å². The second-order valence-electron chi connectivity index (χ2n) is 3.35. The van der Waals surface area contributed by atoms with Gasteiger partial charge in [0.25, 0.3) is 6.43 Å². The summed E-state index contributed by atoms with van der Waals surface area (Å²) in [6.45, 7) is 3.49. The van der Waals surface area contributed by atoms with E-state index in [9.17, 15) is 8.78 Å². The van der Waals surface area contributed by atoms with E-state index in [4.69, 9.17) is 0 Å². The van der Waals surface area contributed by atoms with E-state index in [-0.39, 0.29) is 0 Å². The van der Waals surface area contributed by atoms with Gasteiger partial charge >= 0.3 is 0 Å². The van der Waals surface area contributed by atoms with Crippen LogP contribution in [0.25, 0.3) is 11.0 Å². The first-order valence-corrected chi connectivity index (χ1v) is 4.47. The molecule has 0 amide bonds. The van der Waals surface area contributed by atoms with Gasteiger partial charge < -0.3 is 0 Å². The minimum absolute atomic E-state index is 0.438. The molecule has 15 heavy (non-hydrogen) atoms. The van der Waals surface area contributed by atoms with E-state index >= 15 is 0 Å². The van der Waals surface area contributed by atoms with E-state index in [0.29, 0.717) is 16.7 Å². The molecule has 0 bridgehead atoms. The van der Waals surface area contributed by atoms with Gasteiger partial charge in [0.05, 0.1) is 11.2 Å². The van der Waals surface area contributed by atoms with Crippen molar-refractivity contribution in [3.05, 3.63) is 29.3 Å². The molecule has 3 nitrogen and oxygen atoms in total. The molecule has 2 aromatic heterocycles. The molecule has 2 aromatic rings. The van der Waals surface area contributed by atoms with Crippen molar-refractivity contribution < 1.29 is 8.78 Å². The number of nitrogens with zero attached hydrogens (tertiary/aromatic N) is 3. The van der Waals surface area contributed by atoms with Crippen LogP contribution in [-0.2, 0) is 0 Å². The molecule has 5 heteroatoms. The Hall–Kier alpha value is -1.65. The van der Waals surface area contributed by atoms with Crippen LogP contribution in [0.1, 0.15) is 23.5 Å². The van der Waals surface area contributed by atoms with E-state index in [1.807, 2.05) is 6.92 Å². The highest BCUT2D eigenvalue weighted by atomic mass is 19.3. The van der Waals surface area contributed by atoms with E-state index in [1.165, 1.54) is 0 Å². The summed E-state index contributed by atoms with van der Waals surface area (Å²) in [6.07, 6.45) is -0.977. The second kappa shape index (κ2) is 3.49. The first-order chi connectivity index (χ1) is 7.08. The standard InChI is InChI=1S/C10H9F2N3/c1-5-3-7-8(13-4-5)6(2)14-10(15-7)9(11)12/h3-4,9H,1-2H3. The van der Waals surface area contributed by atoms with Gasteiger partial charge in [0.1, 0.15) is 5.52 Å². The van der Waals surface area contributed by atoms with E-state index in [2.05, 4.69) is 15.0 Å². The molecule has 0 aliphatic heterocycles. The lowest BCUT2D eigenvalue weighted by Crippen LogP contribution is -2.00. The largest absolute Gasteiger partial charge is 0.297 e. The van der Waals surface area contributed by atoms with E-state index in [1.54, 1.807) is 19.2 Å². The van der Waals surface area contributed by atoms with Crippen molar-refractivity contribution in [2.75, 3.05) is 0 Å². The van der Waals surface area contributed by atoms with Gasteiger partial charge in [-0.2, -0.15) is 0 Å². The summed E-state index contributed by atoms with van der Waals surface area (Å²) in [5.74, 6) is -0.438. The Labute approximate surface area is 85.2 Å². The zero-order valence-corrected chi connectivity index (χ0v) is 8.33. The molecule has 0 N–H and O–H groups in total. The van der Waals surface area contributed by atoms with Gasteiger partial charge in [0.2, 0.25) is 0 Å². The number of halogens is 2. The third-order valence-corrected chi connectivity index (χ3v) is 2.06. The summed E-state index contributed by atoms with van der Waals surface area (Å²) in [5, 5.41) is 0. The summed E-state index contributed by atoms with van der Waals surface area (Å²) in [6, 6.07) is 1.73. The molecule has 2 heterocycles. The van der Waals surface area contributed by atoms with Crippen molar-refractivity contribution in [2.45, 2.75) is 20.3 Å². The van der Waals surface area contributed by atoms with Crippen LogP contribution in [0.3, 0.4) is 0 Å². The molecule has 0 saturated carbocycles. The molecule has 0 spiro atoms. The monoisotopic (exact) mass is 209 g/mol. The summed E-state index contributed by atoms with van der Waals surface area (Å²) >= 11 is 0. The number of alkyl halides is 2. The molecule has 78 valence electrons. The summed E-state index contributed by atoms with van der Waals surface area (Å²) in [5.41, 5.74) is 2.42. The number of aryl methyl sites for hydroxylation is 2. The third kappa shape index (κ3) is 1.77. The molecule has 0 aliphatic rings. The highest BCUT2D eigenvalue weighted by molar-refractivity contribution is 5.76. The van der Waals surface area contributed by atoms with Crippen molar-refractivity contribution in [2.24, 2.45) is 0 Å². The maximum atomic E-state index is 12.4. The topological polar surface area (TPSA) is 38.7 Å². The maximum absolute atomic E-state index is 12.4. The number of rotatable bonds is 1. The predicted octanol–water partition coefficient (Wildman–Crippen LogP) is 2.58. The van der Waals surface area contributed by atoms with E-state index < -0.39 is 12.2 Å². The first-order valence-electron chi connectivity index (χ1n) is 4.47. The summed E-state index contributed by atoms with van der Waals surface area (Å²) < 4.78 is 24.9. The fraction of sp³-hybridized carbons (Fsp3) is 0.300. The Bertz CT molecular complexity index is 511. The number of hydrogen-bond acceptors (Lipinski definition) is 3. The summed E-state index contributed by atoms with van der Waals surface area (Å²) in [4.78, 5) is 11.6. The van der Waals surface area contributed by atoms with Crippen LogP contribution >= 0.6 is 0 Å². The van der Waals surface area contributed by atoms with Crippen molar-refractivity contribution in [1.29, 1.82) is 0 Å². The van der Waals surface area contributed by atoms with Gasteiger partial charge in [0, 0.05) is 6.20 Å². The Morgan fingerprint density at radius 2 is 1.93 bits per heavy atom. The van der Waals surface area contributed by atoms with Gasteiger partial charge in [-0.15, -0.1) is 0 Å². The number of aromatic nitrogens is 3. The van der Waals surface area contributed by atoms with Gasteiger partial charge in [-0.3, -0.25) is 4.98 Å². The smallest absolute Gasteiger partial charge is 0.252 e. The Morgan fingerprint density at radius 1 is 1.20 bits per heavy atom. The highest BCUT2D eigenvalue weighted by Crippen LogP contribution is 2.19. The highest BCUT2D eigenvalue weighted by Gasteiger charge is 2.13. The molecule has 0 fully saturated rings. The van der Waals surface area contributed by atoms with E-state index in [0.717, 1.165) is 5.56 Å². The minimum Gasteiger partial charge on any atom is -0.252 e. The van der Waals surface area contributed by atoms with Crippen LogP contribution in [0, 0.1) is 13.8 Å². The molecule has 2 rings (SSSR count). The molecule has 0 radical (unpaired) electrons. The Kier molecular flexibility index (Phi) is 2.30. The average molecular weight is 209 g/mol. The number of fused-ring (bicyclic) bond motifs is 1. The molecular formula is C10H9F2N3. The predicted molar refractivity (Wildman–Crippen MR) is 51.8 cm³/mol. The molecular weight excluding hydrogens is 200 g/mol. The average Bonchev–Trinajstić information content (AvgIpc) is 2.16. The molecule has 0 unspecified atom stereocenters. The van der Waals surface area contributed by atoms with Gasteiger partial charge in [-0.25, -0.2) is 18.7 Å². The van der Waals surface area contributed by atoms with Crippen LogP contribution in [0.2, 0.25) is 0 Å². The molecule has 0 atom stereocenters. The van der Waals surface area contributed by atoms with Crippen molar-refractivity contribution >= 4 is 11.0 Å². The second-order valence-corrected chi connectivity index (χ2v) is 3.35. The van der Waals surface area contributed by atoms with Crippen molar-refractivity contribution in [3.8, 4) is 0 Å². The SMILES string of the molecule is Cc1cnc2c(C)nc(C(F)F)nc2c1. The molecule has 0 aromatic carbocycles. The number of hydrogen-bond donors (Lipinski definition) is 0. The quantitative estimate of drug-likeness (QED) is 0.724. The third-order valence-electron chi connectivity index (χ3n) is 2.06. The zero-order chi connectivity index (χ0) is 11.0. The van der Waals surface area contributed by atoms with Crippen LogP contribution in [0.5, 0.6) is 0 Å². The van der Waals surface area contributed by atoms with Crippen molar-refractivity contribution in [1.82, 2.24) is 15.0 Å². The normalized spacial score (nSPS) is 11.3. The maximum Gasteiger partial charge on any atom is 0.297 e. The molecule has 0 aliphatic carbocycles. The van der Waals surface area contributed by atoms with Crippen LogP contribution in [0.4, 0.5) is 8.78 Å². The fourth-order valence-electron chi connectivity index (χ4n) is 1.39. The Morgan fingerprint density at radius 3 is 2.60 bits per heavy atom. The first kappa shape index (κ1) is 9.89. The fourth-order valence-corrected chi connectivity index (χ4v) is 1.39. The molecule has 0 saturated heterocycles. The lowest BCUT2D eigenvalue weighted by molar-refractivity contribution is 0.140.